The Bertz CT molecular complexity index is 1340. The molecule has 4 aromatic rings. The molecule has 0 fully saturated rings. The maximum Gasteiger partial charge on any atom is 0.357 e. The number of rotatable bonds is 12. The van der Waals surface area contributed by atoms with Crippen molar-refractivity contribution in [3.8, 4) is 0 Å². The van der Waals surface area contributed by atoms with Crippen molar-refractivity contribution in [3.05, 3.63) is 95.3 Å². The minimum absolute atomic E-state index is 0.311. The third-order valence-corrected chi connectivity index (χ3v) is 9.08. The largest absolute Gasteiger partial charge is 0.357 e. The van der Waals surface area contributed by atoms with Crippen molar-refractivity contribution in [2.75, 3.05) is 25.2 Å². The van der Waals surface area contributed by atoms with E-state index in [4.69, 9.17) is 14.0 Å². The van der Waals surface area contributed by atoms with E-state index in [2.05, 4.69) is 60.9 Å². The summed E-state index contributed by atoms with van der Waals surface area (Å²) in [7, 11) is -1.52. The standard InChI is InChI=1S/C30H38N3O3P/c1-6-13-28-31-29-23(4)14-12-17-27(29)33(28)22-24-18-20-26(21-19-24)32(5)30(25-15-10-9-11-16-25)37(34,35-7-2)36-8-3/h9-12,14-21,30H,6-8,13,22H2,1-5H3. The molecule has 37 heavy (non-hydrogen) atoms. The molecular weight excluding hydrogens is 481 g/mol. The van der Waals surface area contributed by atoms with Gasteiger partial charge in [-0.05, 0) is 62.1 Å². The second-order valence-electron chi connectivity index (χ2n) is 9.24. The van der Waals surface area contributed by atoms with Crippen LogP contribution in [0, 0.1) is 6.92 Å². The van der Waals surface area contributed by atoms with E-state index in [1.165, 1.54) is 16.6 Å². The third kappa shape index (κ3) is 5.82. The molecule has 1 aromatic heterocycles. The number of aryl methyl sites for hydroxylation is 2. The van der Waals surface area contributed by atoms with Crippen LogP contribution in [0.4, 0.5) is 5.69 Å². The Balaban J connectivity index is 1.66. The summed E-state index contributed by atoms with van der Waals surface area (Å²) < 4.78 is 27.9. The van der Waals surface area contributed by atoms with Crippen LogP contribution in [0.3, 0.4) is 0 Å². The summed E-state index contributed by atoms with van der Waals surface area (Å²) in [6.45, 7) is 9.36. The van der Waals surface area contributed by atoms with Gasteiger partial charge in [0.25, 0.3) is 0 Å². The van der Waals surface area contributed by atoms with Crippen LogP contribution in [0.2, 0.25) is 0 Å². The topological polar surface area (TPSA) is 56.6 Å². The Morgan fingerprint density at radius 2 is 1.59 bits per heavy atom. The fraction of sp³-hybridized carbons (Fsp3) is 0.367. The Hall–Kier alpha value is -2.92. The number of imidazole rings is 1. The molecular formula is C30H38N3O3P. The first kappa shape index (κ1) is 27.1. The zero-order valence-corrected chi connectivity index (χ0v) is 23.4. The average molecular weight is 520 g/mol. The highest BCUT2D eigenvalue weighted by Crippen LogP contribution is 2.62. The van der Waals surface area contributed by atoms with Gasteiger partial charge in [-0.3, -0.25) is 4.57 Å². The molecule has 0 bridgehead atoms. The molecule has 1 unspecified atom stereocenters. The zero-order valence-electron chi connectivity index (χ0n) is 22.6. The maximum atomic E-state index is 14.0. The number of para-hydroxylation sites is 1. The molecule has 0 aliphatic rings. The molecule has 3 aromatic carbocycles. The van der Waals surface area contributed by atoms with Gasteiger partial charge in [0.05, 0.1) is 24.2 Å². The summed E-state index contributed by atoms with van der Waals surface area (Å²) in [5, 5.41) is 0. The second kappa shape index (κ2) is 12.1. The van der Waals surface area contributed by atoms with Crippen LogP contribution >= 0.6 is 7.60 Å². The highest BCUT2D eigenvalue weighted by atomic mass is 31.2. The van der Waals surface area contributed by atoms with Crippen LogP contribution in [-0.2, 0) is 26.6 Å². The Morgan fingerprint density at radius 3 is 2.22 bits per heavy atom. The molecule has 0 saturated carbocycles. The van der Waals surface area contributed by atoms with Crippen LogP contribution in [0.1, 0.15) is 55.5 Å². The number of hydrogen-bond acceptors (Lipinski definition) is 5. The quantitative estimate of drug-likeness (QED) is 0.179. The molecule has 4 rings (SSSR count). The van der Waals surface area contributed by atoms with Crippen molar-refractivity contribution < 1.29 is 13.6 Å². The lowest BCUT2D eigenvalue weighted by Gasteiger charge is -2.35. The molecule has 0 N–H and O–H groups in total. The van der Waals surface area contributed by atoms with Crippen molar-refractivity contribution in [1.29, 1.82) is 0 Å². The monoisotopic (exact) mass is 519 g/mol. The fourth-order valence-electron chi connectivity index (χ4n) is 4.87. The van der Waals surface area contributed by atoms with Gasteiger partial charge in [-0.15, -0.1) is 0 Å². The van der Waals surface area contributed by atoms with Crippen LogP contribution in [0.25, 0.3) is 11.0 Å². The summed E-state index contributed by atoms with van der Waals surface area (Å²) >= 11 is 0. The summed E-state index contributed by atoms with van der Waals surface area (Å²) in [4.78, 5) is 6.96. The molecule has 0 spiro atoms. The van der Waals surface area contributed by atoms with E-state index in [9.17, 15) is 4.57 Å². The molecule has 6 nitrogen and oxygen atoms in total. The lowest BCUT2D eigenvalue weighted by atomic mass is 10.1. The molecule has 0 aliphatic heterocycles. The molecule has 196 valence electrons. The minimum atomic E-state index is -3.46. The van der Waals surface area contributed by atoms with Crippen LogP contribution in [-0.4, -0.2) is 29.8 Å². The number of benzene rings is 3. The summed E-state index contributed by atoms with van der Waals surface area (Å²) in [6.07, 6.45) is 1.99. The number of aromatic nitrogens is 2. The molecule has 0 amide bonds. The minimum Gasteiger partial charge on any atom is -0.357 e. The highest BCUT2D eigenvalue weighted by molar-refractivity contribution is 7.54. The maximum absolute atomic E-state index is 14.0. The lowest BCUT2D eigenvalue weighted by molar-refractivity contribution is 0.211. The second-order valence-corrected chi connectivity index (χ2v) is 11.3. The third-order valence-electron chi connectivity index (χ3n) is 6.60. The Labute approximate surface area is 220 Å². The number of hydrogen-bond donors (Lipinski definition) is 0. The Morgan fingerprint density at radius 1 is 0.919 bits per heavy atom. The first-order valence-electron chi connectivity index (χ1n) is 13.1. The van der Waals surface area contributed by atoms with Gasteiger partial charge in [0.15, 0.2) is 5.78 Å². The van der Waals surface area contributed by atoms with Gasteiger partial charge in [0, 0.05) is 25.7 Å². The van der Waals surface area contributed by atoms with E-state index in [0.717, 1.165) is 42.0 Å². The number of fused-ring (bicyclic) bond motifs is 1. The average Bonchev–Trinajstić information content (AvgIpc) is 3.24. The highest BCUT2D eigenvalue weighted by Gasteiger charge is 2.40. The first-order valence-corrected chi connectivity index (χ1v) is 14.7. The summed E-state index contributed by atoms with van der Waals surface area (Å²) in [5.41, 5.74) is 6.47. The smallest absolute Gasteiger partial charge is 0.357 e. The predicted molar refractivity (Wildman–Crippen MR) is 152 cm³/mol. The number of nitrogens with zero attached hydrogens (tertiary/aromatic N) is 3. The van der Waals surface area contributed by atoms with Gasteiger partial charge in [-0.2, -0.15) is 0 Å². The Kier molecular flexibility index (Phi) is 8.86. The van der Waals surface area contributed by atoms with E-state index in [1.54, 1.807) is 0 Å². The van der Waals surface area contributed by atoms with E-state index in [-0.39, 0.29) is 0 Å². The van der Waals surface area contributed by atoms with E-state index in [1.807, 2.05) is 56.1 Å². The lowest BCUT2D eigenvalue weighted by Crippen LogP contribution is -2.26. The van der Waals surface area contributed by atoms with Gasteiger partial charge >= 0.3 is 7.60 Å². The summed E-state index contributed by atoms with van der Waals surface area (Å²) in [6, 6.07) is 24.6. The molecule has 0 aliphatic carbocycles. The predicted octanol–water partition coefficient (Wildman–Crippen LogP) is 7.75. The van der Waals surface area contributed by atoms with Crippen molar-refractivity contribution in [1.82, 2.24) is 9.55 Å². The normalized spacial score (nSPS) is 12.7. The SMILES string of the molecule is CCCc1nc2c(C)cccc2n1Cc1ccc(N(C)C(c2ccccc2)P(=O)(OCC)OCC)cc1. The van der Waals surface area contributed by atoms with Crippen molar-refractivity contribution >= 4 is 24.3 Å². The van der Waals surface area contributed by atoms with E-state index in [0.29, 0.717) is 13.2 Å². The van der Waals surface area contributed by atoms with Crippen molar-refractivity contribution in [2.45, 2.75) is 52.9 Å². The van der Waals surface area contributed by atoms with Gasteiger partial charge in [0.2, 0.25) is 0 Å². The van der Waals surface area contributed by atoms with Crippen molar-refractivity contribution in [3.63, 3.8) is 0 Å². The summed E-state index contributed by atoms with van der Waals surface area (Å²) in [5.74, 6) is 0.558. The van der Waals surface area contributed by atoms with E-state index < -0.39 is 13.4 Å². The van der Waals surface area contributed by atoms with Gasteiger partial charge in [-0.1, -0.05) is 61.5 Å². The van der Waals surface area contributed by atoms with Gasteiger partial charge in [0.1, 0.15) is 5.82 Å². The fourth-order valence-corrected chi connectivity index (χ4v) is 7.04. The molecule has 1 atom stereocenters. The van der Waals surface area contributed by atoms with Crippen LogP contribution < -0.4 is 4.90 Å². The molecule has 0 radical (unpaired) electrons. The van der Waals surface area contributed by atoms with E-state index >= 15 is 0 Å². The van der Waals surface area contributed by atoms with Crippen molar-refractivity contribution in [2.24, 2.45) is 0 Å². The molecule has 1 heterocycles. The molecule has 7 heteroatoms. The molecule has 0 saturated heterocycles. The zero-order chi connectivity index (χ0) is 26.4. The van der Waals surface area contributed by atoms with Crippen LogP contribution in [0.5, 0.6) is 0 Å². The van der Waals surface area contributed by atoms with Crippen LogP contribution in [0.15, 0.2) is 72.8 Å². The van der Waals surface area contributed by atoms with Gasteiger partial charge < -0.3 is 18.5 Å². The first-order chi connectivity index (χ1) is 17.9. The number of anilines is 1. The van der Waals surface area contributed by atoms with Gasteiger partial charge in [-0.25, -0.2) is 4.98 Å².